The van der Waals surface area contributed by atoms with E-state index in [9.17, 15) is 0 Å². The molecule has 2 fully saturated rings. The van der Waals surface area contributed by atoms with Gasteiger partial charge >= 0.3 is 0 Å². The Balaban J connectivity index is 2.64. The van der Waals surface area contributed by atoms with Crippen LogP contribution >= 0.6 is 92.8 Å². The number of halogens is 8. The Hall–Kier alpha value is 2.32. The van der Waals surface area contributed by atoms with Crippen molar-refractivity contribution in [2.24, 2.45) is 16.7 Å². The second kappa shape index (κ2) is 5.51. The summed E-state index contributed by atoms with van der Waals surface area (Å²) >= 11 is 50.1. The van der Waals surface area contributed by atoms with E-state index in [0.717, 1.165) is 0 Å². The average molecular weight is 414 g/mol. The summed E-state index contributed by atoms with van der Waals surface area (Å²) in [6, 6.07) is 0. The number of fused-ring (bicyclic) bond motifs is 2. The highest BCUT2D eigenvalue weighted by Crippen LogP contribution is 2.75. The van der Waals surface area contributed by atoms with Gasteiger partial charge in [0.05, 0.1) is 10.8 Å². The predicted molar refractivity (Wildman–Crippen MR) is 83.6 cm³/mol. The molecule has 2 rings (SSSR count). The molecular formula is C10H10Cl8. The van der Waals surface area contributed by atoms with Crippen molar-refractivity contribution in [3.8, 4) is 0 Å². The average Bonchev–Trinajstić information content (AvgIpc) is 2.66. The molecule has 0 radical (unpaired) electrons. The highest BCUT2D eigenvalue weighted by Gasteiger charge is 2.78. The van der Waals surface area contributed by atoms with Crippen LogP contribution in [0.25, 0.3) is 0 Å². The lowest BCUT2D eigenvalue weighted by molar-refractivity contribution is 0.144. The summed E-state index contributed by atoms with van der Waals surface area (Å²) in [5.41, 5.74) is -1.53. The Bertz CT molecular complexity index is 326. The van der Waals surface area contributed by atoms with Crippen molar-refractivity contribution in [1.29, 1.82) is 0 Å². The molecule has 0 saturated heterocycles. The molecule has 0 aromatic rings. The van der Waals surface area contributed by atoms with Gasteiger partial charge in [0.2, 0.25) is 0 Å². The van der Waals surface area contributed by atoms with Crippen LogP contribution in [0.2, 0.25) is 0 Å². The van der Waals surface area contributed by atoms with Crippen molar-refractivity contribution >= 4 is 92.8 Å². The standard InChI is InChI=1S/C10H10Cl8/c11-2-10(8(17)18)4-3(12)1-9(10,7(15)16)6(14)5(4)13/h3-8H,1-2H2/t3-,4-,5+,6-,9+,10-/m0/s1. The maximum absolute atomic E-state index is 6.45. The summed E-state index contributed by atoms with van der Waals surface area (Å²) < 4.78 is 0. The Morgan fingerprint density at radius 2 is 1.56 bits per heavy atom. The van der Waals surface area contributed by atoms with Crippen molar-refractivity contribution < 1.29 is 0 Å². The lowest BCUT2D eigenvalue weighted by Gasteiger charge is -2.45. The van der Waals surface area contributed by atoms with Gasteiger partial charge in [-0.1, -0.05) is 0 Å². The Kier molecular flexibility index (Phi) is 5.10. The zero-order chi connectivity index (χ0) is 13.9. The van der Waals surface area contributed by atoms with Crippen LogP contribution in [-0.4, -0.2) is 31.7 Å². The minimum Gasteiger partial charge on any atom is -0.126 e. The number of hydrogen-bond acceptors (Lipinski definition) is 0. The number of alkyl halides is 8. The topological polar surface area (TPSA) is 0 Å². The van der Waals surface area contributed by atoms with Crippen LogP contribution < -0.4 is 0 Å². The van der Waals surface area contributed by atoms with Crippen molar-refractivity contribution in [2.45, 2.75) is 32.2 Å². The fourth-order valence-corrected chi connectivity index (χ4v) is 8.11. The Morgan fingerprint density at radius 3 is 1.89 bits per heavy atom. The number of rotatable bonds is 3. The molecule has 0 spiro atoms. The van der Waals surface area contributed by atoms with Crippen LogP contribution in [0.3, 0.4) is 0 Å². The van der Waals surface area contributed by atoms with Crippen LogP contribution in [0.15, 0.2) is 0 Å². The summed E-state index contributed by atoms with van der Waals surface area (Å²) in [6.45, 7) is 0. The molecule has 0 heterocycles. The van der Waals surface area contributed by atoms with Crippen molar-refractivity contribution in [2.75, 3.05) is 5.88 Å². The minimum atomic E-state index is -0.784. The summed E-state index contributed by atoms with van der Waals surface area (Å²) in [7, 11) is 0. The molecule has 0 N–H and O–H groups in total. The third-order valence-corrected chi connectivity index (χ3v) is 8.24. The van der Waals surface area contributed by atoms with Gasteiger partial charge in [-0.2, -0.15) is 0 Å². The third-order valence-electron chi connectivity index (χ3n) is 4.50. The summed E-state index contributed by atoms with van der Waals surface area (Å²) in [4.78, 5) is -1.57. The summed E-state index contributed by atoms with van der Waals surface area (Å²) in [5, 5.41) is -1.10. The van der Waals surface area contributed by atoms with Gasteiger partial charge in [-0.15, -0.1) is 92.8 Å². The largest absolute Gasteiger partial charge is 0.126 e. The molecule has 2 bridgehead atoms. The SMILES string of the molecule is ClC[C@@]1(C(Cl)Cl)[C@@H]2[C@@H](Cl)[C@H](Cl)[C@@]1(C(Cl)Cl)C[C@@H]2Cl. The fourth-order valence-electron chi connectivity index (χ4n) is 3.62. The molecule has 18 heavy (non-hydrogen) atoms. The van der Waals surface area contributed by atoms with Gasteiger partial charge in [0.15, 0.2) is 0 Å². The van der Waals surface area contributed by atoms with Crippen LogP contribution in [-0.2, 0) is 0 Å². The van der Waals surface area contributed by atoms with Gasteiger partial charge in [0.25, 0.3) is 0 Å². The van der Waals surface area contributed by atoms with Crippen molar-refractivity contribution in [3.63, 3.8) is 0 Å². The highest BCUT2D eigenvalue weighted by atomic mass is 35.5. The first-order valence-electron chi connectivity index (χ1n) is 5.31. The zero-order valence-electron chi connectivity index (χ0n) is 8.90. The molecule has 2 aliphatic rings. The van der Waals surface area contributed by atoms with Gasteiger partial charge in [0.1, 0.15) is 9.67 Å². The first-order valence-corrected chi connectivity index (χ1v) is 8.90. The first kappa shape index (κ1) is 16.7. The fraction of sp³-hybridized carbons (Fsp3) is 1.00. The summed E-state index contributed by atoms with van der Waals surface area (Å²) in [6.07, 6.45) is 0.511. The van der Waals surface area contributed by atoms with E-state index in [1.807, 2.05) is 0 Å². The van der Waals surface area contributed by atoms with Crippen LogP contribution in [0, 0.1) is 16.7 Å². The van der Waals surface area contributed by atoms with Crippen LogP contribution in [0.5, 0.6) is 0 Å². The first-order chi connectivity index (χ1) is 8.27. The zero-order valence-corrected chi connectivity index (χ0v) is 14.9. The molecule has 0 aromatic heterocycles. The molecule has 0 unspecified atom stereocenters. The van der Waals surface area contributed by atoms with E-state index in [-0.39, 0.29) is 17.2 Å². The van der Waals surface area contributed by atoms with Crippen molar-refractivity contribution in [1.82, 2.24) is 0 Å². The van der Waals surface area contributed by atoms with E-state index < -0.39 is 31.3 Å². The van der Waals surface area contributed by atoms with Crippen LogP contribution in [0.4, 0.5) is 0 Å². The molecule has 0 aromatic carbocycles. The minimum absolute atomic E-state index is 0.168. The molecule has 0 amide bonds. The molecule has 0 nitrogen and oxygen atoms in total. The lowest BCUT2D eigenvalue weighted by Crippen LogP contribution is -2.50. The van der Waals surface area contributed by atoms with Gasteiger partial charge in [-0.25, -0.2) is 0 Å². The van der Waals surface area contributed by atoms with Crippen LogP contribution in [0.1, 0.15) is 6.42 Å². The Labute approximate surface area is 146 Å². The van der Waals surface area contributed by atoms with E-state index in [0.29, 0.717) is 6.42 Å². The molecule has 106 valence electrons. The second-order valence-electron chi connectivity index (χ2n) is 4.91. The van der Waals surface area contributed by atoms with Gasteiger partial charge in [-0.05, 0) is 6.42 Å². The Morgan fingerprint density at radius 1 is 1.00 bits per heavy atom. The van der Waals surface area contributed by atoms with Gasteiger partial charge in [-0.3, -0.25) is 0 Å². The van der Waals surface area contributed by atoms with Crippen molar-refractivity contribution in [3.05, 3.63) is 0 Å². The van der Waals surface area contributed by atoms with E-state index in [4.69, 9.17) is 92.8 Å². The smallest absolute Gasteiger partial charge is 0.115 e. The second-order valence-corrected chi connectivity index (χ2v) is 8.90. The maximum atomic E-state index is 6.45. The number of hydrogen-bond donors (Lipinski definition) is 0. The monoisotopic (exact) mass is 410 g/mol. The van der Waals surface area contributed by atoms with Gasteiger partial charge in [0, 0.05) is 28.0 Å². The quantitative estimate of drug-likeness (QED) is 0.524. The van der Waals surface area contributed by atoms with E-state index in [1.54, 1.807) is 0 Å². The molecule has 2 saturated carbocycles. The summed E-state index contributed by atoms with van der Waals surface area (Å²) in [5.74, 6) is -0.0400. The normalized spacial score (nSPS) is 51.7. The lowest BCUT2D eigenvalue weighted by atomic mass is 9.70. The molecule has 2 aliphatic carbocycles. The third kappa shape index (κ3) is 1.80. The van der Waals surface area contributed by atoms with Gasteiger partial charge < -0.3 is 0 Å². The maximum Gasteiger partial charge on any atom is 0.115 e. The predicted octanol–water partition coefficient (Wildman–Crippen LogP) is 5.66. The van der Waals surface area contributed by atoms with E-state index in [1.165, 1.54) is 0 Å². The molecule has 8 heteroatoms. The molecule has 6 atom stereocenters. The highest BCUT2D eigenvalue weighted by molar-refractivity contribution is 6.48. The molecule has 0 aliphatic heterocycles. The molecular weight excluding hydrogens is 404 g/mol. The van der Waals surface area contributed by atoms with E-state index in [2.05, 4.69) is 0 Å². The van der Waals surface area contributed by atoms with E-state index >= 15 is 0 Å².